The maximum absolute atomic E-state index is 14.5. The smallest absolute Gasteiger partial charge is 0.241 e. The number of nitrogens with zero attached hydrogens (tertiary/aromatic N) is 3. The first-order valence-electron chi connectivity index (χ1n) is 19.3. The number of ether oxygens (including phenoxy) is 2. The Morgan fingerprint density at radius 2 is 1.46 bits per heavy atom. The van der Waals surface area contributed by atoms with E-state index in [-0.39, 0.29) is 36.1 Å². The van der Waals surface area contributed by atoms with Gasteiger partial charge < -0.3 is 34.8 Å². The average molecular weight is 708 g/mol. The second-order valence-corrected chi connectivity index (χ2v) is 15.7. The summed E-state index contributed by atoms with van der Waals surface area (Å²) >= 11 is 0. The number of carbonyl (C=O) groups is 1. The summed E-state index contributed by atoms with van der Waals surface area (Å²) in [5.74, 6) is 2.39. The number of aromatic amines is 2. The van der Waals surface area contributed by atoms with Crippen molar-refractivity contribution in [2.45, 2.75) is 121 Å². The van der Waals surface area contributed by atoms with Gasteiger partial charge in [0.15, 0.2) is 0 Å². The van der Waals surface area contributed by atoms with Gasteiger partial charge in [0.1, 0.15) is 11.6 Å². The van der Waals surface area contributed by atoms with Crippen molar-refractivity contribution in [3.63, 3.8) is 0 Å². The van der Waals surface area contributed by atoms with Crippen molar-refractivity contribution in [3.05, 3.63) is 72.6 Å². The first-order valence-corrected chi connectivity index (χ1v) is 19.3. The number of aliphatic hydroxyl groups is 1. The molecule has 1 saturated carbocycles. The highest BCUT2D eigenvalue weighted by Crippen LogP contribution is 2.43. The summed E-state index contributed by atoms with van der Waals surface area (Å²) in [5.41, 5.74) is 6.38. The van der Waals surface area contributed by atoms with Gasteiger partial charge in [-0.2, -0.15) is 0 Å². The van der Waals surface area contributed by atoms with Crippen molar-refractivity contribution in [1.82, 2.24) is 35.5 Å². The van der Waals surface area contributed by atoms with E-state index >= 15 is 0 Å². The number of likely N-dealkylation sites (tertiary alicyclic amines) is 1. The Morgan fingerprint density at radius 1 is 0.846 bits per heavy atom. The van der Waals surface area contributed by atoms with Crippen LogP contribution >= 0.6 is 0 Å². The van der Waals surface area contributed by atoms with Gasteiger partial charge in [-0.05, 0) is 106 Å². The summed E-state index contributed by atoms with van der Waals surface area (Å²) in [6, 6.07) is 17.2. The molecule has 9 atom stereocenters. The van der Waals surface area contributed by atoms with Gasteiger partial charge in [0.05, 0.1) is 54.1 Å². The van der Waals surface area contributed by atoms with Crippen LogP contribution in [-0.4, -0.2) is 79.7 Å². The Morgan fingerprint density at radius 3 is 2.06 bits per heavy atom. The average Bonchev–Trinajstić information content (AvgIpc) is 3.50. The van der Waals surface area contributed by atoms with Crippen LogP contribution < -0.4 is 10.6 Å². The Hall–Kier alpha value is -3.87. The Labute approximate surface area is 306 Å². The fourth-order valence-electron chi connectivity index (χ4n) is 8.83. The number of methoxy groups -OCH3 is 1. The highest BCUT2D eigenvalue weighted by molar-refractivity contribution is 5.83. The monoisotopic (exact) mass is 707 g/mol. The SMILES string of the molecule is COC(O)N[C@H](C(=O)N1[C@@H](C)CC[C@H]1c1ncc(-c2ccc(-c3ccc(-c4cnc([C@@H]5CC[C@H](C)N5)[nH]4)cc3)cc2)[nH]1)[C@H]1C[C@@H](C)O[C@H](C2CC2)C1. The van der Waals surface area contributed by atoms with Gasteiger partial charge in [0.25, 0.3) is 0 Å². The summed E-state index contributed by atoms with van der Waals surface area (Å²) in [5, 5.41) is 17.2. The van der Waals surface area contributed by atoms with E-state index in [1.54, 1.807) is 0 Å². The molecule has 1 unspecified atom stereocenters. The fraction of sp³-hybridized carbons (Fsp3) is 0.537. The number of hydrogen-bond donors (Lipinski definition) is 5. The molecular formula is C41H53N7O4. The highest BCUT2D eigenvalue weighted by Gasteiger charge is 2.46. The lowest BCUT2D eigenvalue weighted by molar-refractivity contribution is -0.153. The van der Waals surface area contributed by atoms with Crippen LogP contribution in [0.25, 0.3) is 33.6 Å². The standard InChI is InChI=1S/C41H53N7O4/c1-23-5-17-32(44-23)38-42-21-33(45-38)28-11-7-26(8-12-28)27-9-13-29(14-10-27)34-22-43-39(46-34)35-18-6-24(2)48(35)40(49)37(47-41(50)51-4)31-19-25(3)52-36(20-31)30-15-16-30/h7-14,21-25,30-32,35-37,41,44,47,50H,5-6,15-20H2,1-4H3,(H,42,45)(H,43,46)/t23-,24-,25+,31-,32-,35-,36-,37-,41?/m0/s1. The van der Waals surface area contributed by atoms with Crippen molar-refractivity contribution in [1.29, 1.82) is 0 Å². The summed E-state index contributed by atoms with van der Waals surface area (Å²) < 4.78 is 11.5. The van der Waals surface area contributed by atoms with E-state index in [1.807, 2.05) is 17.3 Å². The maximum atomic E-state index is 14.5. The number of H-pyrrole nitrogens is 2. The number of rotatable bonds is 11. The molecule has 3 aliphatic heterocycles. The van der Waals surface area contributed by atoms with Gasteiger partial charge in [-0.3, -0.25) is 10.1 Å². The third kappa shape index (κ3) is 7.34. The minimum atomic E-state index is -1.23. The zero-order valence-corrected chi connectivity index (χ0v) is 30.7. The van der Waals surface area contributed by atoms with Crippen LogP contribution in [0.5, 0.6) is 0 Å². The topological polar surface area (TPSA) is 140 Å². The van der Waals surface area contributed by atoms with Crippen LogP contribution in [0.3, 0.4) is 0 Å². The first-order chi connectivity index (χ1) is 25.2. The van der Waals surface area contributed by atoms with Crippen LogP contribution in [0.15, 0.2) is 60.9 Å². The minimum absolute atomic E-state index is 0.0125. The zero-order valence-electron chi connectivity index (χ0n) is 30.7. The molecule has 8 rings (SSSR count). The van der Waals surface area contributed by atoms with Crippen molar-refractivity contribution in [2.24, 2.45) is 11.8 Å². The molecule has 276 valence electrons. The van der Waals surface area contributed by atoms with E-state index in [0.717, 1.165) is 77.4 Å². The number of aromatic nitrogens is 4. The zero-order chi connectivity index (χ0) is 35.9. The third-order valence-electron chi connectivity index (χ3n) is 11.9. The Bertz CT molecular complexity index is 1820. The molecule has 4 aliphatic rings. The number of nitrogens with one attached hydrogen (secondary N) is 4. The second-order valence-electron chi connectivity index (χ2n) is 15.7. The van der Waals surface area contributed by atoms with E-state index < -0.39 is 12.5 Å². The molecule has 5 heterocycles. The van der Waals surface area contributed by atoms with Crippen LogP contribution in [0.4, 0.5) is 0 Å². The third-order valence-corrected chi connectivity index (χ3v) is 11.9. The quantitative estimate of drug-likeness (QED) is 0.112. The lowest BCUT2D eigenvalue weighted by Crippen LogP contribution is -2.57. The molecule has 11 heteroatoms. The molecular weight excluding hydrogens is 654 g/mol. The van der Waals surface area contributed by atoms with E-state index in [0.29, 0.717) is 18.0 Å². The van der Waals surface area contributed by atoms with E-state index in [2.05, 4.69) is 94.9 Å². The number of carbonyl (C=O) groups excluding carboxylic acids is 1. The first kappa shape index (κ1) is 35.2. The van der Waals surface area contributed by atoms with Gasteiger partial charge in [0, 0.05) is 19.2 Å². The lowest BCUT2D eigenvalue weighted by atomic mass is 9.83. The predicted molar refractivity (Wildman–Crippen MR) is 200 cm³/mol. The van der Waals surface area contributed by atoms with Crippen LogP contribution in [0.1, 0.15) is 95.9 Å². The van der Waals surface area contributed by atoms with Gasteiger partial charge >= 0.3 is 0 Å². The number of hydrogen-bond acceptors (Lipinski definition) is 8. The summed E-state index contributed by atoms with van der Waals surface area (Å²) in [6.07, 6.45) is 10.7. The van der Waals surface area contributed by atoms with Gasteiger partial charge in [-0.15, -0.1) is 0 Å². The fourth-order valence-corrected chi connectivity index (χ4v) is 8.83. The Kier molecular flexibility index (Phi) is 10.1. The Balaban J connectivity index is 0.956. The van der Waals surface area contributed by atoms with Crippen LogP contribution in [0.2, 0.25) is 0 Å². The highest BCUT2D eigenvalue weighted by atomic mass is 16.6. The summed E-state index contributed by atoms with van der Waals surface area (Å²) in [6.45, 7) is 6.42. The molecule has 4 fully saturated rings. The van der Waals surface area contributed by atoms with E-state index in [1.165, 1.54) is 26.4 Å². The van der Waals surface area contributed by atoms with Crippen molar-refractivity contribution in [2.75, 3.05) is 7.11 Å². The molecule has 2 aromatic carbocycles. The molecule has 3 saturated heterocycles. The van der Waals surface area contributed by atoms with Crippen LogP contribution in [0, 0.1) is 11.8 Å². The molecule has 0 radical (unpaired) electrons. The van der Waals surface area contributed by atoms with Gasteiger partial charge in [-0.1, -0.05) is 48.5 Å². The molecule has 1 amide bonds. The predicted octanol–water partition coefficient (Wildman–Crippen LogP) is 6.47. The number of benzene rings is 2. The molecule has 52 heavy (non-hydrogen) atoms. The number of amides is 1. The van der Waals surface area contributed by atoms with Crippen molar-refractivity contribution < 1.29 is 19.4 Å². The van der Waals surface area contributed by atoms with Gasteiger partial charge in [0.2, 0.25) is 12.3 Å². The molecule has 1 aliphatic carbocycles. The van der Waals surface area contributed by atoms with Gasteiger partial charge in [-0.25, -0.2) is 9.97 Å². The molecule has 4 aromatic rings. The molecule has 5 N–H and O–H groups in total. The van der Waals surface area contributed by atoms with Crippen molar-refractivity contribution >= 4 is 5.91 Å². The lowest BCUT2D eigenvalue weighted by Gasteiger charge is -2.41. The number of imidazole rings is 2. The normalized spacial score (nSPS) is 29.0. The number of aliphatic hydroxyl groups excluding tert-OH is 1. The molecule has 0 spiro atoms. The van der Waals surface area contributed by atoms with E-state index in [9.17, 15) is 9.90 Å². The molecule has 2 aromatic heterocycles. The largest absolute Gasteiger partial charge is 0.375 e. The summed E-state index contributed by atoms with van der Waals surface area (Å²) in [4.78, 5) is 33.1. The van der Waals surface area contributed by atoms with Crippen LogP contribution in [-0.2, 0) is 14.3 Å². The molecule has 11 nitrogen and oxygen atoms in total. The second kappa shape index (κ2) is 14.9. The summed E-state index contributed by atoms with van der Waals surface area (Å²) in [7, 11) is 1.44. The minimum Gasteiger partial charge on any atom is -0.375 e. The van der Waals surface area contributed by atoms with Crippen molar-refractivity contribution in [3.8, 4) is 33.6 Å². The van der Waals surface area contributed by atoms with E-state index in [4.69, 9.17) is 14.5 Å². The molecule has 0 bridgehead atoms. The maximum Gasteiger partial charge on any atom is 0.241 e.